The molecule has 2 aromatic heterocycles. The van der Waals surface area contributed by atoms with Gasteiger partial charge in [0, 0.05) is 37.3 Å². The van der Waals surface area contributed by atoms with Crippen molar-refractivity contribution in [2.24, 2.45) is 0 Å². The molecule has 8 nitrogen and oxygen atoms in total. The van der Waals surface area contributed by atoms with Crippen LogP contribution in [-0.2, 0) is 4.74 Å². The van der Waals surface area contributed by atoms with E-state index >= 15 is 0 Å². The summed E-state index contributed by atoms with van der Waals surface area (Å²) in [6.45, 7) is 0.549. The molecule has 0 unspecified atom stereocenters. The number of alkyl halides is 3. The average molecular weight is 436 g/mol. The largest absolute Gasteiger partial charge is 0.431 e. The van der Waals surface area contributed by atoms with Gasteiger partial charge in [0.25, 0.3) is 0 Å². The summed E-state index contributed by atoms with van der Waals surface area (Å²) >= 11 is 0. The first kappa shape index (κ1) is 20.1. The number of aromatic nitrogens is 3. The zero-order valence-electron chi connectivity index (χ0n) is 17.0. The molecule has 0 spiro atoms. The normalized spacial score (nSPS) is 27.5. The third kappa shape index (κ3) is 3.93. The van der Waals surface area contributed by atoms with Crippen LogP contribution in [0.1, 0.15) is 19.8 Å². The molecule has 5 rings (SSSR count). The highest BCUT2D eigenvalue weighted by Crippen LogP contribution is 2.36. The summed E-state index contributed by atoms with van der Waals surface area (Å²) < 4.78 is 50.1. The molecule has 0 aliphatic carbocycles. The van der Waals surface area contributed by atoms with Crippen molar-refractivity contribution in [1.29, 1.82) is 0 Å². The number of pyridine rings is 1. The van der Waals surface area contributed by atoms with E-state index < -0.39 is 12.3 Å². The van der Waals surface area contributed by atoms with Gasteiger partial charge in [-0.05, 0) is 19.4 Å². The Morgan fingerprint density at radius 1 is 1.32 bits per heavy atom. The fourth-order valence-electron chi connectivity index (χ4n) is 4.42. The zero-order valence-corrected chi connectivity index (χ0v) is 17.0. The second-order valence-electron chi connectivity index (χ2n) is 8.48. The topological polar surface area (TPSA) is 89.6 Å². The number of fused-ring (bicyclic) bond motifs is 2. The second-order valence-corrected chi connectivity index (χ2v) is 8.48. The quantitative estimate of drug-likeness (QED) is 0.765. The van der Waals surface area contributed by atoms with E-state index in [1.807, 2.05) is 0 Å². The standard InChI is InChI=1S/C20H23F3N6O2/c1-20(23)2-3-28(10-20)19-26-14(11-4-15(31-18(21)22)17(24)25-7-11)6-16(27-19)29-8-13-5-12(29)9-30-13/h4,6-7,12-13,18H,2-3,5,8-10H2,1H3,(H2,24,25)/t12-,13-,20+/m1/s1. The number of nitrogens with two attached hydrogens (primary N) is 1. The molecule has 3 fully saturated rings. The molecular weight excluding hydrogens is 413 g/mol. The van der Waals surface area contributed by atoms with Crippen molar-refractivity contribution >= 4 is 17.6 Å². The van der Waals surface area contributed by atoms with Gasteiger partial charge in [-0.2, -0.15) is 13.8 Å². The number of hydrogen-bond donors (Lipinski definition) is 1. The molecule has 2 N–H and O–H groups in total. The molecule has 31 heavy (non-hydrogen) atoms. The Kier molecular flexibility index (Phi) is 4.80. The lowest BCUT2D eigenvalue weighted by atomic mass is 10.1. The van der Waals surface area contributed by atoms with E-state index in [2.05, 4.69) is 19.6 Å². The van der Waals surface area contributed by atoms with Crippen molar-refractivity contribution in [3.8, 4) is 17.0 Å². The van der Waals surface area contributed by atoms with Crippen LogP contribution in [0.2, 0.25) is 0 Å². The van der Waals surface area contributed by atoms with Gasteiger partial charge in [-0.1, -0.05) is 0 Å². The number of anilines is 3. The second kappa shape index (κ2) is 7.40. The van der Waals surface area contributed by atoms with Gasteiger partial charge in [-0.25, -0.2) is 14.4 Å². The fraction of sp³-hybridized carbons (Fsp3) is 0.550. The molecule has 0 amide bonds. The Balaban J connectivity index is 1.55. The van der Waals surface area contributed by atoms with Crippen molar-refractivity contribution in [3.63, 3.8) is 0 Å². The average Bonchev–Trinajstić information content (AvgIpc) is 3.44. The molecule has 2 bridgehead atoms. The van der Waals surface area contributed by atoms with Crippen LogP contribution in [-0.4, -0.2) is 65.6 Å². The summed E-state index contributed by atoms with van der Waals surface area (Å²) in [5.74, 6) is 0.725. The summed E-state index contributed by atoms with van der Waals surface area (Å²) in [5, 5.41) is 0. The molecular formula is C20H23F3N6O2. The predicted octanol–water partition coefficient (Wildman–Crippen LogP) is 2.64. The lowest BCUT2D eigenvalue weighted by Crippen LogP contribution is -2.38. The van der Waals surface area contributed by atoms with Gasteiger partial charge >= 0.3 is 6.61 Å². The van der Waals surface area contributed by atoms with Crippen LogP contribution in [0, 0.1) is 0 Å². The van der Waals surface area contributed by atoms with Crippen molar-refractivity contribution in [3.05, 3.63) is 18.3 Å². The SMILES string of the molecule is C[C@]1(F)CCN(c2nc(-c3cnc(N)c(OC(F)F)c3)cc(N3C[C@H]4C[C@@H]3CO4)n2)C1. The van der Waals surface area contributed by atoms with Crippen molar-refractivity contribution in [2.75, 3.05) is 41.8 Å². The van der Waals surface area contributed by atoms with Crippen LogP contribution >= 0.6 is 0 Å². The van der Waals surface area contributed by atoms with Gasteiger partial charge in [-0.15, -0.1) is 0 Å². The zero-order chi connectivity index (χ0) is 21.8. The highest BCUT2D eigenvalue weighted by molar-refractivity contribution is 5.68. The van der Waals surface area contributed by atoms with Crippen LogP contribution in [0.25, 0.3) is 11.3 Å². The predicted molar refractivity (Wildman–Crippen MR) is 108 cm³/mol. The number of ether oxygens (including phenoxy) is 2. The third-order valence-corrected chi connectivity index (χ3v) is 6.00. The molecule has 3 atom stereocenters. The van der Waals surface area contributed by atoms with Crippen LogP contribution in [0.5, 0.6) is 5.75 Å². The van der Waals surface area contributed by atoms with E-state index in [1.54, 1.807) is 17.9 Å². The molecule has 166 valence electrons. The Morgan fingerprint density at radius 3 is 2.81 bits per heavy atom. The van der Waals surface area contributed by atoms with E-state index in [0.29, 0.717) is 49.1 Å². The van der Waals surface area contributed by atoms with Gasteiger partial charge in [0.15, 0.2) is 11.6 Å². The van der Waals surface area contributed by atoms with E-state index in [4.69, 9.17) is 15.5 Å². The summed E-state index contributed by atoms with van der Waals surface area (Å²) in [5.41, 5.74) is 5.28. The Bertz CT molecular complexity index is 991. The molecule has 3 aliphatic heterocycles. The van der Waals surface area contributed by atoms with E-state index in [1.165, 1.54) is 12.3 Å². The third-order valence-electron chi connectivity index (χ3n) is 6.00. The maximum Gasteiger partial charge on any atom is 0.387 e. The van der Waals surface area contributed by atoms with Gasteiger partial charge < -0.3 is 25.0 Å². The minimum absolute atomic E-state index is 0.139. The van der Waals surface area contributed by atoms with Crippen LogP contribution in [0.4, 0.5) is 30.8 Å². The maximum atomic E-state index is 14.5. The number of nitrogens with zero attached hydrogens (tertiary/aromatic N) is 5. The van der Waals surface area contributed by atoms with Crippen molar-refractivity contribution < 1.29 is 22.6 Å². The van der Waals surface area contributed by atoms with Crippen LogP contribution in [0.3, 0.4) is 0 Å². The summed E-state index contributed by atoms with van der Waals surface area (Å²) in [6, 6.07) is 3.38. The van der Waals surface area contributed by atoms with Gasteiger partial charge in [0.2, 0.25) is 5.95 Å². The molecule has 0 saturated carbocycles. The van der Waals surface area contributed by atoms with Gasteiger partial charge in [0.1, 0.15) is 11.5 Å². The monoisotopic (exact) mass is 436 g/mol. The molecule has 0 aromatic carbocycles. The summed E-state index contributed by atoms with van der Waals surface area (Å²) in [7, 11) is 0. The lowest BCUT2D eigenvalue weighted by Gasteiger charge is -2.29. The fourth-order valence-corrected chi connectivity index (χ4v) is 4.42. The number of morpholine rings is 1. The minimum atomic E-state index is -3.03. The first-order valence-electron chi connectivity index (χ1n) is 10.2. The summed E-state index contributed by atoms with van der Waals surface area (Å²) in [4.78, 5) is 17.3. The van der Waals surface area contributed by atoms with Gasteiger partial charge in [-0.3, -0.25) is 0 Å². The van der Waals surface area contributed by atoms with E-state index in [0.717, 1.165) is 6.42 Å². The lowest BCUT2D eigenvalue weighted by molar-refractivity contribution is -0.0494. The first-order valence-corrected chi connectivity index (χ1v) is 10.2. The first-order chi connectivity index (χ1) is 14.8. The van der Waals surface area contributed by atoms with E-state index in [-0.39, 0.29) is 30.3 Å². The van der Waals surface area contributed by atoms with Crippen LogP contribution < -0.4 is 20.3 Å². The number of rotatable bonds is 5. The molecule has 0 radical (unpaired) electrons. The molecule has 2 aromatic rings. The highest BCUT2D eigenvalue weighted by atomic mass is 19.3. The smallest absolute Gasteiger partial charge is 0.387 e. The van der Waals surface area contributed by atoms with E-state index in [9.17, 15) is 13.2 Å². The minimum Gasteiger partial charge on any atom is -0.431 e. The van der Waals surface area contributed by atoms with Crippen LogP contribution in [0.15, 0.2) is 18.3 Å². The molecule has 5 heterocycles. The van der Waals surface area contributed by atoms with Crippen molar-refractivity contribution in [2.45, 2.75) is 44.2 Å². The number of halogens is 3. The molecule has 3 aliphatic rings. The highest BCUT2D eigenvalue weighted by Gasteiger charge is 2.40. The maximum absolute atomic E-state index is 14.5. The summed E-state index contributed by atoms with van der Waals surface area (Å²) in [6.07, 6.45) is 2.92. The van der Waals surface area contributed by atoms with Gasteiger partial charge in [0.05, 0.1) is 31.0 Å². The van der Waals surface area contributed by atoms with Crippen molar-refractivity contribution in [1.82, 2.24) is 15.0 Å². The molecule has 3 saturated heterocycles. The molecule has 11 heteroatoms. The Hall–Kier alpha value is -2.82. The Morgan fingerprint density at radius 2 is 2.16 bits per heavy atom. The number of nitrogen functional groups attached to an aromatic ring is 1. The Labute approximate surface area is 177 Å². The number of hydrogen-bond acceptors (Lipinski definition) is 8.